The zero-order chi connectivity index (χ0) is 14.5. The predicted molar refractivity (Wildman–Crippen MR) is 77.9 cm³/mol. The number of sulfone groups is 1. The lowest BCUT2D eigenvalue weighted by Gasteiger charge is -2.32. The highest BCUT2D eigenvalue weighted by Crippen LogP contribution is 2.30. The summed E-state index contributed by atoms with van der Waals surface area (Å²) in [6.45, 7) is 3.66. The Bertz CT molecular complexity index is 507. The number of aliphatic hydroxyl groups is 1. The van der Waals surface area contributed by atoms with Gasteiger partial charge in [-0.3, -0.25) is 0 Å². The summed E-state index contributed by atoms with van der Waals surface area (Å²) < 4.78 is 23.3. The fourth-order valence-electron chi connectivity index (χ4n) is 2.24. The molecule has 0 fully saturated rings. The van der Waals surface area contributed by atoms with Crippen molar-refractivity contribution >= 4 is 9.84 Å². The van der Waals surface area contributed by atoms with Gasteiger partial charge in [-0.25, -0.2) is 8.42 Å². The first-order chi connectivity index (χ1) is 8.90. The SMILES string of the molecule is CCS(=O)(=O)CCC(CN)(CO)c1ccccc1C. The van der Waals surface area contributed by atoms with E-state index in [2.05, 4.69) is 0 Å². The molecule has 0 aliphatic carbocycles. The molecule has 5 heteroatoms. The normalized spacial score (nSPS) is 15.2. The van der Waals surface area contributed by atoms with Crippen molar-refractivity contribution in [1.82, 2.24) is 0 Å². The molecule has 0 aliphatic heterocycles. The van der Waals surface area contributed by atoms with E-state index in [0.717, 1.165) is 11.1 Å². The molecule has 1 rings (SSSR count). The third-order valence-corrected chi connectivity index (χ3v) is 5.45. The van der Waals surface area contributed by atoms with Crippen LogP contribution in [0.2, 0.25) is 0 Å². The van der Waals surface area contributed by atoms with Crippen LogP contribution in [-0.2, 0) is 15.3 Å². The molecule has 0 amide bonds. The van der Waals surface area contributed by atoms with Crippen molar-refractivity contribution in [2.45, 2.75) is 25.7 Å². The Morgan fingerprint density at radius 1 is 1.32 bits per heavy atom. The van der Waals surface area contributed by atoms with E-state index in [4.69, 9.17) is 5.73 Å². The predicted octanol–water partition coefficient (Wildman–Crippen LogP) is 1.01. The van der Waals surface area contributed by atoms with Gasteiger partial charge in [-0.05, 0) is 24.5 Å². The van der Waals surface area contributed by atoms with Crippen LogP contribution in [0, 0.1) is 6.92 Å². The fraction of sp³-hybridized carbons (Fsp3) is 0.571. The number of aryl methyl sites for hydroxylation is 1. The van der Waals surface area contributed by atoms with Crippen LogP contribution in [-0.4, -0.2) is 38.2 Å². The molecule has 1 atom stereocenters. The quantitative estimate of drug-likeness (QED) is 0.783. The average molecular weight is 285 g/mol. The minimum atomic E-state index is -3.06. The average Bonchev–Trinajstić information content (AvgIpc) is 2.42. The maximum absolute atomic E-state index is 11.7. The van der Waals surface area contributed by atoms with Gasteiger partial charge in [-0.2, -0.15) is 0 Å². The summed E-state index contributed by atoms with van der Waals surface area (Å²) in [6, 6.07) is 7.66. The van der Waals surface area contributed by atoms with Crippen LogP contribution in [0.3, 0.4) is 0 Å². The van der Waals surface area contributed by atoms with E-state index in [-0.39, 0.29) is 24.7 Å². The molecule has 0 radical (unpaired) electrons. The maximum atomic E-state index is 11.7. The highest BCUT2D eigenvalue weighted by Gasteiger charge is 2.32. The molecule has 4 nitrogen and oxygen atoms in total. The summed E-state index contributed by atoms with van der Waals surface area (Å²) in [4.78, 5) is 0. The number of benzene rings is 1. The van der Waals surface area contributed by atoms with E-state index in [9.17, 15) is 13.5 Å². The first-order valence-corrected chi connectivity index (χ1v) is 8.30. The van der Waals surface area contributed by atoms with Crippen molar-refractivity contribution in [1.29, 1.82) is 0 Å². The van der Waals surface area contributed by atoms with E-state index in [1.165, 1.54) is 0 Å². The molecule has 0 saturated carbocycles. The standard InChI is InChI=1S/C14H23NO3S/c1-3-19(17,18)9-8-14(10-15,11-16)13-7-5-4-6-12(13)2/h4-7,16H,3,8-11,15H2,1-2H3. The van der Waals surface area contributed by atoms with E-state index < -0.39 is 15.3 Å². The second-order valence-electron chi connectivity index (χ2n) is 4.94. The van der Waals surface area contributed by atoms with Gasteiger partial charge in [0, 0.05) is 17.7 Å². The minimum Gasteiger partial charge on any atom is -0.395 e. The molecule has 1 aromatic rings. The third-order valence-electron chi connectivity index (χ3n) is 3.74. The van der Waals surface area contributed by atoms with Crippen LogP contribution in [0.25, 0.3) is 0 Å². The van der Waals surface area contributed by atoms with Gasteiger partial charge in [0.05, 0.1) is 12.4 Å². The number of nitrogens with two attached hydrogens (primary N) is 1. The van der Waals surface area contributed by atoms with E-state index >= 15 is 0 Å². The first-order valence-electron chi connectivity index (χ1n) is 6.48. The van der Waals surface area contributed by atoms with Crippen LogP contribution < -0.4 is 5.73 Å². The van der Waals surface area contributed by atoms with Gasteiger partial charge >= 0.3 is 0 Å². The lowest BCUT2D eigenvalue weighted by Crippen LogP contribution is -2.41. The number of aliphatic hydroxyl groups excluding tert-OH is 1. The van der Waals surface area contributed by atoms with Crippen molar-refractivity contribution < 1.29 is 13.5 Å². The largest absolute Gasteiger partial charge is 0.395 e. The van der Waals surface area contributed by atoms with Crippen molar-refractivity contribution in [3.8, 4) is 0 Å². The summed E-state index contributed by atoms with van der Waals surface area (Å²) >= 11 is 0. The molecular formula is C14H23NO3S. The Morgan fingerprint density at radius 2 is 1.95 bits per heavy atom. The zero-order valence-electron chi connectivity index (χ0n) is 11.6. The number of hydrogen-bond acceptors (Lipinski definition) is 4. The Labute approximate surface area is 115 Å². The number of hydrogen-bond donors (Lipinski definition) is 2. The summed E-state index contributed by atoms with van der Waals surface area (Å²) in [6.07, 6.45) is 0.348. The van der Waals surface area contributed by atoms with Crippen LogP contribution in [0.1, 0.15) is 24.5 Å². The van der Waals surface area contributed by atoms with Gasteiger partial charge in [0.25, 0.3) is 0 Å². The number of rotatable bonds is 7. The summed E-state index contributed by atoms with van der Waals surface area (Å²) in [5.74, 6) is 0.169. The van der Waals surface area contributed by atoms with Crippen molar-refractivity contribution in [3.05, 3.63) is 35.4 Å². The van der Waals surface area contributed by atoms with Gasteiger partial charge in [-0.1, -0.05) is 31.2 Å². The van der Waals surface area contributed by atoms with Gasteiger partial charge in [-0.15, -0.1) is 0 Å². The van der Waals surface area contributed by atoms with Crippen molar-refractivity contribution in [2.75, 3.05) is 24.7 Å². The molecular weight excluding hydrogens is 262 g/mol. The van der Waals surface area contributed by atoms with E-state index in [1.54, 1.807) is 6.92 Å². The molecule has 1 unspecified atom stereocenters. The van der Waals surface area contributed by atoms with Gasteiger partial charge in [0.1, 0.15) is 9.84 Å². The maximum Gasteiger partial charge on any atom is 0.150 e. The Hall–Kier alpha value is -0.910. The van der Waals surface area contributed by atoms with Crippen molar-refractivity contribution in [2.24, 2.45) is 5.73 Å². The Balaban J connectivity index is 3.08. The zero-order valence-corrected chi connectivity index (χ0v) is 12.4. The molecule has 0 spiro atoms. The molecule has 1 aromatic carbocycles. The van der Waals surface area contributed by atoms with E-state index in [0.29, 0.717) is 6.42 Å². The summed E-state index contributed by atoms with van der Waals surface area (Å²) in [5.41, 5.74) is 7.12. The van der Waals surface area contributed by atoms with Crippen LogP contribution in [0.4, 0.5) is 0 Å². The van der Waals surface area contributed by atoms with Gasteiger partial charge < -0.3 is 10.8 Å². The highest BCUT2D eigenvalue weighted by atomic mass is 32.2. The molecule has 19 heavy (non-hydrogen) atoms. The van der Waals surface area contributed by atoms with Crippen molar-refractivity contribution in [3.63, 3.8) is 0 Å². The smallest absolute Gasteiger partial charge is 0.150 e. The van der Waals surface area contributed by atoms with Crippen LogP contribution >= 0.6 is 0 Å². The topological polar surface area (TPSA) is 80.4 Å². The monoisotopic (exact) mass is 285 g/mol. The van der Waals surface area contributed by atoms with Gasteiger partial charge in [0.15, 0.2) is 0 Å². The first kappa shape index (κ1) is 16.1. The Kier molecular flexibility index (Phi) is 5.52. The lowest BCUT2D eigenvalue weighted by atomic mass is 9.77. The highest BCUT2D eigenvalue weighted by molar-refractivity contribution is 7.91. The molecule has 3 N–H and O–H groups in total. The van der Waals surface area contributed by atoms with Crippen LogP contribution in [0.15, 0.2) is 24.3 Å². The summed E-state index contributed by atoms with van der Waals surface area (Å²) in [5, 5.41) is 9.75. The molecule has 0 bridgehead atoms. The molecule has 0 aliphatic rings. The second kappa shape index (κ2) is 6.50. The molecule has 0 aromatic heterocycles. The fourth-order valence-corrected chi connectivity index (χ4v) is 3.23. The third kappa shape index (κ3) is 3.78. The van der Waals surface area contributed by atoms with Gasteiger partial charge in [0.2, 0.25) is 0 Å². The van der Waals surface area contributed by atoms with Crippen LogP contribution in [0.5, 0.6) is 0 Å². The molecule has 0 saturated heterocycles. The molecule has 108 valence electrons. The Morgan fingerprint density at radius 3 is 2.42 bits per heavy atom. The molecule has 0 heterocycles. The summed E-state index contributed by atoms with van der Waals surface area (Å²) in [7, 11) is -3.06. The minimum absolute atomic E-state index is 0.0512. The van der Waals surface area contributed by atoms with E-state index in [1.807, 2.05) is 31.2 Å². The second-order valence-corrected chi connectivity index (χ2v) is 7.42. The lowest BCUT2D eigenvalue weighted by molar-refractivity contribution is 0.192.